The van der Waals surface area contributed by atoms with E-state index < -0.39 is 0 Å². The molecule has 0 saturated carbocycles. The summed E-state index contributed by atoms with van der Waals surface area (Å²) in [6, 6.07) is 0. The van der Waals surface area contributed by atoms with Crippen LogP contribution in [0.25, 0.3) is 0 Å². The van der Waals surface area contributed by atoms with Crippen molar-refractivity contribution < 1.29 is 9.53 Å². The van der Waals surface area contributed by atoms with Crippen LogP contribution in [0.3, 0.4) is 0 Å². The Labute approximate surface area is 113 Å². The molecule has 1 aliphatic heterocycles. The van der Waals surface area contributed by atoms with Gasteiger partial charge in [0, 0.05) is 25.6 Å². The molecule has 0 aliphatic carbocycles. The molecule has 3 N–H and O–H groups in total. The number of aromatic nitrogens is 2. The molecule has 6 heteroatoms. The lowest BCUT2D eigenvalue weighted by Gasteiger charge is -2.23. The van der Waals surface area contributed by atoms with Gasteiger partial charge in [-0.1, -0.05) is 6.92 Å². The Bertz CT molecular complexity index is 438. The van der Waals surface area contributed by atoms with Crippen LogP contribution in [0.4, 0.5) is 5.69 Å². The molecule has 2 rings (SSSR count). The van der Waals surface area contributed by atoms with Gasteiger partial charge in [-0.25, -0.2) is 0 Å². The minimum Gasteiger partial charge on any atom is -0.395 e. The summed E-state index contributed by atoms with van der Waals surface area (Å²) in [6.45, 7) is 6.84. The molecule has 1 unspecified atom stereocenters. The van der Waals surface area contributed by atoms with Gasteiger partial charge in [0.25, 0.3) is 5.91 Å². The number of aromatic amines is 1. The number of carbonyl (C=O) groups excluding carboxylic acids is 1. The Morgan fingerprint density at radius 3 is 2.89 bits per heavy atom. The van der Waals surface area contributed by atoms with E-state index in [1.807, 2.05) is 13.8 Å². The van der Waals surface area contributed by atoms with Gasteiger partial charge in [-0.3, -0.25) is 9.89 Å². The van der Waals surface area contributed by atoms with Gasteiger partial charge in [0.05, 0.1) is 18.0 Å². The van der Waals surface area contributed by atoms with Crippen molar-refractivity contribution in [3.05, 3.63) is 11.4 Å². The highest BCUT2D eigenvalue weighted by Crippen LogP contribution is 2.19. The minimum atomic E-state index is -0.0946. The molecule has 1 aliphatic rings. The van der Waals surface area contributed by atoms with Crippen LogP contribution >= 0.6 is 0 Å². The van der Waals surface area contributed by atoms with E-state index in [0.29, 0.717) is 30.4 Å². The molecular formula is C13H22N4O2. The second-order valence-corrected chi connectivity index (χ2v) is 4.89. The lowest BCUT2D eigenvalue weighted by molar-refractivity contribution is 0.0726. The molecule has 1 aromatic heterocycles. The Kier molecular flexibility index (Phi) is 4.42. The Hall–Kier alpha value is -1.56. The van der Waals surface area contributed by atoms with E-state index in [1.54, 1.807) is 4.90 Å². The predicted octanol–water partition coefficient (Wildman–Crippen LogP) is 1.05. The van der Waals surface area contributed by atoms with Gasteiger partial charge in [-0.05, 0) is 19.8 Å². The predicted molar refractivity (Wildman–Crippen MR) is 72.9 cm³/mol. The van der Waals surface area contributed by atoms with Gasteiger partial charge in [-0.15, -0.1) is 0 Å². The van der Waals surface area contributed by atoms with Gasteiger partial charge in [0.2, 0.25) is 0 Å². The molecule has 0 spiro atoms. The van der Waals surface area contributed by atoms with E-state index in [2.05, 4.69) is 10.2 Å². The lowest BCUT2D eigenvalue weighted by Crippen LogP contribution is -2.36. The van der Waals surface area contributed by atoms with Gasteiger partial charge >= 0.3 is 0 Å². The smallest absolute Gasteiger partial charge is 0.276 e. The number of hydrogen-bond acceptors (Lipinski definition) is 4. The number of rotatable bonds is 5. The van der Waals surface area contributed by atoms with Crippen molar-refractivity contribution in [1.29, 1.82) is 0 Å². The van der Waals surface area contributed by atoms with Crippen molar-refractivity contribution in [3.63, 3.8) is 0 Å². The van der Waals surface area contributed by atoms with Crippen molar-refractivity contribution in [2.24, 2.45) is 5.92 Å². The fourth-order valence-electron chi connectivity index (χ4n) is 2.36. The van der Waals surface area contributed by atoms with Crippen LogP contribution in [0.15, 0.2) is 0 Å². The molecule has 1 atom stereocenters. The summed E-state index contributed by atoms with van der Waals surface area (Å²) < 4.78 is 5.35. The van der Waals surface area contributed by atoms with Crippen molar-refractivity contribution in [2.75, 3.05) is 32.0 Å². The number of hydrogen-bond donors (Lipinski definition) is 2. The fourth-order valence-corrected chi connectivity index (χ4v) is 2.36. The van der Waals surface area contributed by atoms with Crippen molar-refractivity contribution >= 4 is 11.6 Å². The van der Waals surface area contributed by atoms with Gasteiger partial charge in [0.15, 0.2) is 5.69 Å². The van der Waals surface area contributed by atoms with E-state index in [4.69, 9.17) is 10.5 Å². The zero-order valence-corrected chi connectivity index (χ0v) is 11.6. The number of anilines is 1. The Morgan fingerprint density at radius 2 is 2.37 bits per heavy atom. The van der Waals surface area contributed by atoms with E-state index in [0.717, 1.165) is 31.7 Å². The third-order valence-electron chi connectivity index (χ3n) is 3.61. The minimum absolute atomic E-state index is 0.0946. The highest BCUT2D eigenvalue weighted by Gasteiger charge is 2.25. The molecule has 1 fully saturated rings. The molecule has 106 valence electrons. The number of nitrogens with zero attached hydrogens (tertiary/aromatic N) is 2. The number of nitrogens with one attached hydrogen (secondary N) is 1. The van der Waals surface area contributed by atoms with Crippen LogP contribution in [0.2, 0.25) is 0 Å². The zero-order valence-electron chi connectivity index (χ0n) is 11.6. The number of carbonyl (C=O) groups is 1. The monoisotopic (exact) mass is 266 g/mol. The van der Waals surface area contributed by atoms with Crippen LogP contribution in [0.1, 0.15) is 36.5 Å². The normalized spacial score (nSPS) is 18.7. The Balaban J connectivity index is 2.08. The molecule has 19 heavy (non-hydrogen) atoms. The first-order valence-electron chi connectivity index (χ1n) is 6.87. The molecule has 2 heterocycles. The van der Waals surface area contributed by atoms with Crippen LogP contribution in [-0.2, 0) is 11.2 Å². The highest BCUT2D eigenvalue weighted by atomic mass is 16.5. The lowest BCUT2D eigenvalue weighted by atomic mass is 10.1. The van der Waals surface area contributed by atoms with E-state index in [1.165, 1.54) is 0 Å². The summed E-state index contributed by atoms with van der Waals surface area (Å²) in [6.07, 6.45) is 1.76. The molecule has 1 saturated heterocycles. The first kappa shape index (κ1) is 13.9. The summed E-state index contributed by atoms with van der Waals surface area (Å²) in [4.78, 5) is 14.2. The SMILES string of the molecule is CCc1[nH]nc(C(=O)N(CC)CC2CCOC2)c1N. The maximum atomic E-state index is 12.4. The average molecular weight is 266 g/mol. The molecule has 0 aromatic carbocycles. The van der Waals surface area contributed by atoms with Crippen LogP contribution in [0, 0.1) is 5.92 Å². The average Bonchev–Trinajstić information content (AvgIpc) is 3.04. The van der Waals surface area contributed by atoms with Gasteiger partial charge < -0.3 is 15.4 Å². The van der Waals surface area contributed by atoms with Crippen LogP contribution in [-0.4, -0.2) is 47.3 Å². The van der Waals surface area contributed by atoms with Crippen molar-refractivity contribution in [1.82, 2.24) is 15.1 Å². The highest BCUT2D eigenvalue weighted by molar-refractivity contribution is 5.97. The summed E-state index contributed by atoms with van der Waals surface area (Å²) in [5.74, 6) is 0.331. The third-order valence-corrected chi connectivity index (χ3v) is 3.61. The van der Waals surface area contributed by atoms with Gasteiger partial charge in [0.1, 0.15) is 0 Å². The number of nitrogens with two attached hydrogens (primary N) is 1. The molecule has 6 nitrogen and oxygen atoms in total. The topological polar surface area (TPSA) is 84.2 Å². The summed E-state index contributed by atoms with van der Waals surface area (Å²) >= 11 is 0. The maximum Gasteiger partial charge on any atom is 0.276 e. The second kappa shape index (κ2) is 6.06. The van der Waals surface area contributed by atoms with E-state index >= 15 is 0 Å². The van der Waals surface area contributed by atoms with Crippen molar-refractivity contribution in [2.45, 2.75) is 26.7 Å². The first-order chi connectivity index (χ1) is 9.17. The number of H-pyrrole nitrogens is 1. The summed E-state index contributed by atoms with van der Waals surface area (Å²) in [5, 5.41) is 6.89. The number of amides is 1. The largest absolute Gasteiger partial charge is 0.395 e. The Morgan fingerprint density at radius 1 is 1.58 bits per heavy atom. The third kappa shape index (κ3) is 2.89. The zero-order chi connectivity index (χ0) is 13.8. The molecule has 1 aromatic rings. The van der Waals surface area contributed by atoms with E-state index in [-0.39, 0.29) is 5.91 Å². The first-order valence-corrected chi connectivity index (χ1v) is 6.87. The second-order valence-electron chi connectivity index (χ2n) is 4.89. The molecular weight excluding hydrogens is 244 g/mol. The summed E-state index contributed by atoms with van der Waals surface area (Å²) in [7, 11) is 0. The number of nitrogen functional groups attached to an aromatic ring is 1. The molecule has 0 radical (unpaired) electrons. The van der Waals surface area contributed by atoms with E-state index in [9.17, 15) is 4.79 Å². The molecule has 0 bridgehead atoms. The van der Waals surface area contributed by atoms with Crippen molar-refractivity contribution in [3.8, 4) is 0 Å². The standard InChI is InChI=1S/C13H22N4O2/c1-3-10-11(14)12(16-15-10)13(18)17(4-2)7-9-5-6-19-8-9/h9H,3-8,14H2,1-2H3,(H,15,16). The van der Waals surface area contributed by atoms with Gasteiger partial charge in [-0.2, -0.15) is 5.10 Å². The fraction of sp³-hybridized carbons (Fsp3) is 0.692. The van der Waals surface area contributed by atoms with Crippen LogP contribution < -0.4 is 5.73 Å². The molecule has 1 amide bonds. The number of ether oxygens (including phenoxy) is 1. The number of aryl methyl sites for hydroxylation is 1. The maximum absolute atomic E-state index is 12.4. The van der Waals surface area contributed by atoms with Crippen LogP contribution in [0.5, 0.6) is 0 Å². The summed E-state index contributed by atoms with van der Waals surface area (Å²) in [5.41, 5.74) is 7.60. The quantitative estimate of drug-likeness (QED) is 0.834.